The number of rotatable bonds is 11. The number of halogens is 3. The molecule has 0 atom stereocenters. The third-order valence-corrected chi connectivity index (χ3v) is 5.09. The van der Waals surface area contributed by atoms with Crippen LogP contribution in [-0.4, -0.2) is 12.4 Å². The molecule has 0 heterocycles. The van der Waals surface area contributed by atoms with Gasteiger partial charge < -0.3 is 4.74 Å². The molecular formula is C24H29F3O2. The van der Waals surface area contributed by atoms with E-state index in [4.69, 9.17) is 4.74 Å². The van der Waals surface area contributed by atoms with Gasteiger partial charge in [0, 0.05) is 12.0 Å². The van der Waals surface area contributed by atoms with Gasteiger partial charge in [0.25, 0.3) is 0 Å². The predicted octanol–water partition coefficient (Wildman–Crippen LogP) is 6.75. The van der Waals surface area contributed by atoms with E-state index in [0.29, 0.717) is 30.6 Å². The molecule has 5 heteroatoms. The predicted molar refractivity (Wildman–Crippen MR) is 109 cm³/mol. The average Bonchev–Trinajstić information content (AvgIpc) is 2.70. The van der Waals surface area contributed by atoms with E-state index in [-0.39, 0.29) is 35.5 Å². The lowest BCUT2D eigenvalue weighted by atomic mass is 9.97. The number of Topliss-reactive ketones (excluding diaryl/α,β-unsaturated/α-hetero) is 1. The van der Waals surface area contributed by atoms with Gasteiger partial charge in [-0.25, -0.2) is 13.2 Å². The fraction of sp³-hybridized carbons (Fsp3) is 0.458. The first-order valence-corrected chi connectivity index (χ1v) is 10.3. The van der Waals surface area contributed by atoms with E-state index in [9.17, 15) is 18.0 Å². The number of hydrogen-bond acceptors (Lipinski definition) is 2. The summed E-state index contributed by atoms with van der Waals surface area (Å²) >= 11 is 0. The second-order valence-corrected chi connectivity index (χ2v) is 7.23. The quantitative estimate of drug-likeness (QED) is 0.305. The summed E-state index contributed by atoms with van der Waals surface area (Å²) in [5.74, 6) is -2.24. The number of hydrogen-bond donors (Lipinski definition) is 0. The summed E-state index contributed by atoms with van der Waals surface area (Å²) in [4.78, 5) is 12.5. The van der Waals surface area contributed by atoms with Gasteiger partial charge in [0.15, 0.2) is 29.0 Å². The molecule has 0 N–H and O–H groups in total. The van der Waals surface area contributed by atoms with E-state index in [1.165, 1.54) is 13.0 Å². The summed E-state index contributed by atoms with van der Waals surface area (Å²) in [5.41, 5.74) is 1.21. The first-order valence-electron chi connectivity index (χ1n) is 10.3. The van der Waals surface area contributed by atoms with Crippen LogP contribution in [0.4, 0.5) is 13.2 Å². The molecule has 0 aliphatic rings. The molecule has 2 aromatic rings. The zero-order valence-electron chi connectivity index (χ0n) is 17.4. The molecule has 0 radical (unpaired) electrons. The van der Waals surface area contributed by atoms with Gasteiger partial charge in [0.05, 0.1) is 6.61 Å². The van der Waals surface area contributed by atoms with E-state index in [1.54, 1.807) is 25.1 Å². The van der Waals surface area contributed by atoms with Crippen LogP contribution < -0.4 is 4.74 Å². The maximum Gasteiger partial charge on any atom is 0.168 e. The maximum absolute atomic E-state index is 14.3. The number of benzene rings is 2. The molecule has 158 valence electrons. The first kappa shape index (κ1) is 23.0. The molecule has 2 rings (SSSR count). The molecular weight excluding hydrogens is 377 g/mol. The van der Waals surface area contributed by atoms with E-state index in [1.807, 2.05) is 0 Å². The molecule has 0 saturated heterocycles. The van der Waals surface area contributed by atoms with Crippen LogP contribution in [0.1, 0.15) is 73.0 Å². The maximum atomic E-state index is 14.3. The molecule has 29 heavy (non-hydrogen) atoms. The van der Waals surface area contributed by atoms with Gasteiger partial charge in [0.1, 0.15) is 0 Å². The van der Waals surface area contributed by atoms with Crippen molar-refractivity contribution in [3.8, 4) is 5.75 Å². The number of ether oxygens (including phenoxy) is 1. The minimum atomic E-state index is -0.824. The Kier molecular flexibility index (Phi) is 8.74. The lowest BCUT2D eigenvalue weighted by molar-refractivity contribution is 0.0979. The van der Waals surface area contributed by atoms with Crippen LogP contribution in [0, 0.1) is 24.4 Å². The van der Waals surface area contributed by atoms with Gasteiger partial charge in [-0.15, -0.1) is 0 Å². The lowest BCUT2D eigenvalue weighted by Crippen LogP contribution is -2.07. The second kappa shape index (κ2) is 11.0. The number of unbranched alkanes of at least 4 members (excludes halogenated alkanes) is 2. The third kappa shape index (κ3) is 5.84. The van der Waals surface area contributed by atoms with Crippen LogP contribution in [-0.2, 0) is 12.8 Å². The van der Waals surface area contributed by atoms with Crippen molar-refractivity contribution in [1.82, 2.24) is 0 Å². The molecule has 0 spiro atoms. The Labute approximate surface area is 171 Å². The summed E-state index contributed by atoms with van der Waals surface area (Å²) in [7, 11) is 0. The molecule has 0 aliphatic carbocycles. The lowest BCUT2D eigenvalue weighted by Gasteiger charge is -2.11. The molecule has 2 aromatic carbocycles. The summed E-state index contributed by atoms with van der Waals surface area (Å²) < 4.78 is 48.0. The molecule has 0 bridgehead atoms. The fourth-order valence-corrected chi connectivity index (χ4v) is 3.38. The Morgan fingerprint density at radius 2 is 1.48 bits per heavy atom. The molecule has 0 amide bonds. The van der Waals surface area contributed by atoms with Gasteiger partial charge in [0.2, 0.25) is 0 Å². The number of carbonyl (C=O) groups excluding carboxylic acids is 1. The van der Waals surface area contributed by atoms with Crippen molar-refractivity contribution in [2.75, 3.05) is 6.61 Å². The van der Waals surface area contributed by atoms with Crippen LogP contribution in [0.2, 0.25) is 0 Å². The van der Waals surface area contributed by atoms with Crippen molar-refractivity contribution >= 4 is 5.78 Å². The molecule has 0 aromatic heterocycles. The van der Waals surface area contributed by atoms with Crippen LogP contribution in [0.5, 0.6) is 5.75 Å². The summed E-state index contributed by atoms with van der Waals surface area (Å²) in [6, 6.07) is 6.24. The SMILES string of the molecule is CCCCCc1ccc(CCCC(=O)c2ccc(OCC)c(F)c2C)c(F)c1F. The Morgan fingerprint density at radius 1 is 0.862 bits per heavy atom. The second-order valence-electron chi connectivity index (χ2n) is 7.23. The van der Waals surface area contributed by atoms with Gasteiger partial charge in [-0.2, -0.15) is 0 Å². The zero-order valence-corrected chi connectivity index (χ0v) is 17.4. The van der Waals surface area contributed by atoms with Crippen molar-refractivity contribution in [2.24, 2.45) is 0 Å². The third-order valence-electron chi connectivity index (χ3n) is 5.09. The van der Waals surface area contributed by atoms with E-state index in [2.05, 4.69) is 6.92 Å². The minimum Gasteiger partial charge on any atom is -0.491 e. The standard InChI is InChI=1S/C24H29F3O2/c1-4-6-7-9-17-12-13-18(24(27)23(17)26)10-8-11-20(28)19-14-15-21(29-5-2)22(25)16(19)3/h12-15H,4-11H2,1-3H3. The van der Waals surface area contributed by atoms with Gasteiger partial charge in [-0.1, -0.05) is 31.9 Å². The smallest absolute Gasteiger partial charge is 0.168 e. The molecule has 0 aliphatic heterocycles. The summed E-state index contributed by atoms with van der Waals surface area (Å²) in [5, 5.41) is 0. The Morgan fingerprint density at radius 3 is 2.07 bits per heavy atom. The van der Waals surface area contributed by atoms with Gasteiger partial charge >= 0.3 is 0 Å². The van der Waals surface area contributed by atoms with Crippen molar-refractivity contribution in [2.45, 2.75) is 65.7 Å². The van der Waals surface area contributed by atoms with Gasteiger partial charge in [-0.05, 0) is 68.4 Å². The number of carbonyl (C=O) groups is 1. The van der Waals surface area contributed by atoms with Crippen molar-refractivity contribution in [1.29, 1.82) is 0 Å². The fourth-order valence-electron chi connectivity index (χ4n) is 3.38. The zero-order chi connectivity index (χ0) is 21.4. The summed E-state index contributed by atoms with van der Waals surface area (Å²) in [6.07, 6.45) is 4.11. The Balaban J connectivity index is 1.98. The largest absolute Gasteiger partial charge is 0.491 e. The Hall–Kier alpha value is -2.30. The monoisotopic (exact) mass is 406 g/mol. The summed E-state index contributed by atoms with van der Waals surface area (Å²) in [6.45, 7) is 5.69. The molecule has 0 unspecified atom stereocenters. The highest BCUT2D eigenvalue weighted by molar-refractivity contribution is 5.97. The van der Waals surface area contributed by atoms with Crippen molar-refractivity contribution in [3.05, 3.63) is 64.0 Å². The molecule has 2 nitrogen and oxygen atoms in total. The highest BCUT2D eigenvalue weighted by Gasteiger charge is 2.17. The van der Waals surface area contributed by atoms with E-state index >= 15 is 0 Å². The highest BCUT2D eigenvalue weighted by Crippen LogP contribution is 2.25. The van der Waals surface area contributed by atoms with Crippen LogP contribution in [0.3, 0.4) is 0 Å². The first-order chi connectivity index (χ1) is 13.9. The molecule has 0 saturated carbocycles. The number of ketones is 1. The van der Waals surface area contributed by atoms with Crippen molar-refractivity contribution < 1.29 is 22.7 Å². The highest BCUT2D eigenvalue weighted by atomic mass is 19.2. The van der Waals surface area contributed by atoms with Crippen LogP contribution >= 0.6 is 0 Å². The van der Waals surface area contributed by atoms with E-state index in [0.717, 1.165) is 19.3 Å². The van der Waals surface area contributed by atoms with Crippen LogP contribution in [0.25, 0.3) is 0 Å². The van der Waals surface area contributed by atoms with Crippen LogP contribution in [0.15, 0.2) is 24.3 Å². The Bertz CT molecular complexity index is 847. The minimum absolute atomic E-state index is 0.123. The number of aryl methyl sites for hydroxylation is 2. The van der Waals surface area contributed by atoms with Crippen molar-refractivity contribution in [3.63, 3.8) is 0 Å². The van der Waals surface area contributed by atoms with E-state index < -0.39 is 17.5 Å². The normalized spacial score (nSPS) is 11.0. The van der Waals surface area contributed by atoms with Gasteiger partial charge in [-0.3, -0.25) is 4.79 Å². The average molecular weight is 406 g/mol. The molecule has 0 fully saturated rings. The topological polar surface area (TPSA) is 26.3 Å².